The number of nitro groups is 1. The number of hydrogen-bond donors (Lipinski definition) is 1. The molecule has 1 aliphatic rings. The third-order valence-corrected chi connectivity index (χ3v) is 3.35. The minimum atomic E-state index is -1.19. The molecule has 0 aliphatic carbocycles. The van der Waals surface area contributed by atoms with E-state index in [0.29, 0.717) is 0 Å². The summed E-state index contributed by atoms with van der Waals surface area (Å²) in [4.78, 5) is 34.8. The van der Waals surface area contributed by atoms with Gasteiger partial charge in [-0.2, -0.15) is 0 Å². The summed E-state index contributed by atoms with van der Waals surface area (Å²) in [5.74, 6) is -1.87. The molecule has 8 nitrogen and oxygen atoms in total. The van der Waals surface area contributed by atoms with Crippen LogP contribution in [0.15, 0.2) is 18.2 Å². The Morgan fingerprint density at radius 3 is 2.81 bits per heavy atom. The maximum absolute atomic E-state index is 12.4. The number of carbonyl (C=O) groups is 2. The number of aliphatic carboxylic acids is 1. The van der Waals surface area contributed by atoms with Gasteiger partial charge in [-0.25, -0.2) is 4.79 Å². The van der Waals surface area contributed by atoms with Gasteiger partial charge in [-0.3, -0.25) is 14.9 Å². The summed E-state index contributed by atoms with van der Waals surface area (Å²) >= 11 is 5.89. The molecule has 21 heavy (non-hydrogen) atoms. The minimum absolute atomic E-state index is 0.0426. The van der Waals surface area contributed by atoms with Gasteiger partial charge in [0.15, 0.2) is 6.10 Å². The molecule has 0 spiro atoms. The van der Waals surface area contributed by atoms with Crippen molar-refractivity contribution in [2.24, 2.45) is 0 Å². The lowest BCUT2D eigenvalue weighted by Crippen LogP contribution is -2.48. The van der Waals surface area contributed by atoms with Gasteiger partial charge in [0, 0.05) is 12.6 Å². The number of carbonyl (C=O) groups excluding carboxylic acids is 1. The number of ether oxygens (including phenoxy) is 1. The predicted octanol–water partition coefficient (Wildman–Crippen LogP) is 1.17. The monoisotopic (exact) mass is 314 g/mol. The molecule has 9 heteroatoms. The number of benzene rings is 1. The topological polar surface area (TPSA) is 110 Å². The van der Waals surface area contributed by atoms with Crippen molar-refractivity contribution in [2.75, 3.05) is 19.7 Å². The van der Waals surface area contributed by atoms with Gasteiger partial charge in [0.05, 0.1) is 23.1 Å². The fraction of sp³-hybridized carbons (Fsp3) is 0.333. The summed E-state index contributed by atoms with van der Waals surface area (Å²) in [5, 5.41) is 19.9. The summed E-state index contributed by atoms with van der Waals surface area (Å²) in [6.07, 6.45) is -1.15. The van der Waals surface area contributed by atoms with Crippen molar-refractivity contribution in [3.63, 3.8) is 0 Å². The molecule has 0 bridgehead atoms. The van der Waals surface area contributed by atoms with Crippen molar-refractivity contribution < 1.29 is 24.4 Å². The number of carboxylic acids is 1. The summed E-state index contributed by atoms with van der Waals surface area (Å²) in [6, 6.07) is 3.92. The number of amides is 1. The standard InChI is InChI=1S/C12H11ClN2O6/c13-7-2-1-3-8(15(19)20)10(7)11(16)14-4-5-21-9(6-14)12(17)18/h1-3,9H,4-6H2,(H,17,18). The molecule has 1 aliphatic heterocycles. The maximum atomic E-state index is 12.4. The SMILES string of the molecule is O=C(O)C1CN(C(=O)c2c(Cl)cccc2[N+](=O)[O-])CCO1. The Hall–Kier alpha value is -2.19. The smallest absolute Gasteiger partial charge is 0.334 e. The molecule has 1 aromatic rings. The highest BCUT2D eigenvalue weighted by molar-refractivity contribution is 6.34. The highest BCUT2D eigenvalue weighted by Crippen LogP contribution is 2.28. The molecule has 0 aromatic heterocycles. The van der Waals surface area contributed by atoms with Crippen molar-refractivity contribution in [3.05, 3.63) is 38.9 Å². The number of morpholine rings is 1. The zero-order valence-corrected chi connectivity index (χ0v) is 11.4. The highest BCUT2D eigenvalue weighted by Gasteiger charge is 2.33. The molecule has 1 atom stereocenters. The summed E-state index contributed by atoms with van der Waals surface area (Å²) in [5.41, 5.74) is -0.652. The molecule has 0 saturated carbocycles. The van der Waals surface area contributed by atoms with Crippen LogP contribution in [-0.4, -0.2) is 52.6 Å². The first-order chi connectivity index (χ1) is 9.91. The first kappa shape index (κ1) is 15.2. The average molecular weight is 315 g/mol. The molecule has 112 valence electrons. The van der Waals surface area contributed by atoms with Crippen LogP contribution in [0.2, 0.25) is 5.02 Å². The minimum Gasteiger partial charge on any atom is -0.479 e. The molecule has 0 radical (unpaired) electrons. The van der Waals surface area contributed by atoms with E-state index in [9.17, 15) is 19.7 Å². The summed E-state index contributed by atoms with van der Waals surface area (Å²) in [6.45, 7) is 0.00247. The maximum Gasteiger partial charge on any atom is 0.334 e. The Kier molecular flexibility index (Phi) is 4.39. The summed E-state index contributed by atoms with van der Waals surface area (Å²) in [7, 11) is 0. The van der Waals surface area contributed by atoms with Crippen LogP contribution >= 0.6 is 11.6 Å². The molecule has 1 heterocycles. The Morgan fingerprint density at radius 2 is 2.19 bits per heavy atom. The third kappa shape index (κ3) is 3.11. The van der Waals surface area contributed by atoms with Crippen molar-refractivity contribution in [1.82, 2.24) is 4.90 Å². The lowest BCUT2D eigenvalue weighted by atomic mass is 10.1. The molecule has 1 aromatic carbocycles. The molecular formula is C12H11ClN2O6. The lowest BCUT2D eigenvalue weighted by Gasteiger charge is -2.30. The molecule has 1 fully saturated rings. The average Bonchev–Trinajstić information content (AvgIpc) is 2.46. The zero-order chi connectivity index (χ0) is 15.6. The van der Waals surface area contributed by atoms with Crippen LogP contribution in [0.25, 0.3) is 0 Å². The quantitative estimate of drug-likeness (QED) is 0.662. The van der Waals surface area contributed by atoms with Crippen molar-refractivity contribution in [3.8, 4) is 0 Å². The zero-order valence-electron chi connectivity index (χ0n) is 10.7. The Bertz CT molecular complexity index is 605. The lowest BCUT2D eigenvalue weighted by molar-refractivity contribution is -0.385. The van der Waals surface area contributed by atoms with E-state index < -0.39 is 28.6 Å². The van der Waals surface area contributed by atoms with E-state index in [2.05, 4.69) is 0 Å². The van der Waals surface area contributed by atoms with Gasteiger partial charge >= 0.3 is 5.97 Å². The first-order valence-corrected chi connectivity index (χ1v) is 6.36. The van der Waals surface area contributed by atoms with E-state index in [1.54, 1.807) is 0 Å². The fourth-order valence-electron chi connectivity index (χ4n) is 2.02. The molecule has 1 saturated heterocycles. The number of carboxylic acid groups (broad SMARTS) is 1. The molecule has 1 unspecified atom stereocenters. The van der Waals surface area contributed by atoms with Crippen LogP contribution < -0.4 is 0 Å². The molecular weight excluding hydrogens is 304 g/mol. The first-order valence-electron chi connectivity index (χ1n) is 5.98. The molecule has 2 rings (SSSR count). The largest absolute Gasteiger partial charge is 0.479 e. The normalized spacial score (nSPS) is 18.3. The van der Waals surface area contributed by atoms with E-state index >= 15 is 0 Å². The third-order valence-electron chi connectivity index (χ3n) is 3.03. The number of nitro benzene ring substituents is 1. The number of rotatable bonds is 3. The van der Waals surface area contributed by atoms with Gasteiger partial charge in [-0.1, -0.05) is 17.7 Å². The Balaban J connectivity index is 2.32. The Labute approximate surface area is 124 Å². The van der Waals surface area contributed by atoms with Crippen molar-refractivity contribution >= 4 is 29.2 Å². The number of halogens is 1. The molecule has 1 N–H and O–H groups in total. The summed E-state index contributed by atoms with van der Waals surface area (Å²) < 4.78 is 5.00. The van der Waals surface area contributed by atoms with Crippen LogP contribution in [0.5, 0.6) is 0 Å². The van der Waals surface area contributed by atoms with E-state index in [0.717, 1.165) is 0 Å². The van der Waals surface area contributed by atoms with Crippen LogP contribution in [-0.2, 0) is 9.53 Å². The van der Waals surface area contributed by atoms with Gasteiger partial charge in [0.25, 0.3) is 11.6 Å². The van der Waals surface area contributed by atoms with Crippen molar-refractivity contribution in [1.29, 1.82) is 0 Å². The van der Waals surface area contributed by atoms with Crippen LogP contribution in [0, 0.1) is 10.1 Å². The van der Waals surface area contributed by atoms with Crippen LogP contribution in [0.4, 0.5) is 5.69 Å². The van der Waals surface area contributed by atoms with E-state index in [1.807, 2.05) is 0 Å². The molecule has 1 amide bonds. The fourth-order valence-corrected chi connectivity index (χ4v) is 2.27. The number of hydrogen-bond acceptors (Lipinski definition) is 5. The van der Waals surface area contributed by atoms with Gasteiger partial charge in [-0.15, -0.1) is 0 Å². The highest BCUT2D eigenvalue weighted by atomic mass is 35.5. The second kappa shape index (κ2) is 6.06. The van der Waals surface area contributed by atoms with Crippen molar-refractivity contribution in [2.45, 2.75) is 6.10 Å². The van der Waals surface area contributed by atoms with E-state index in [4.69, 9.17) is 21.4 Å². The van der Waals surface area contributed by atoms with Crippen LogP contribution in [0.3, 0.4) is 0 Å². The van der Waals surface area contributed by atoms with Gasteiger partial charge in [-0.05, 0) is 6.07 Å². The predicted molar refractivity (Wildman–Crippen MR) is 71.4 cm³/mol. The number of nitrogens with zero attached hydrogens (tertiary/aromatic N) is 2. The Morgan fingerprint density at radius 1 is 1.48 bits per heavy atom. The second-order valence-corrected chi connectivity index (χ2v) is 4.75. The van der Waals surface area contributed by atoms with Gasteiger partial charge in [0.2, 0.25) is 0 Å². The van der Waals surface area contributed by atoms with E-state index in [1.165, 1.54) is 23.1 Å². The second-order valence-electron chi connectivity index (χ2n) is 4.34. The van der Waals surface area contributed by atoms with Gasteiger partial charge in [0.1, 0.15) is 5.56 Å². The van der Waals surface area contributed by atoms with E-state index in [-0.39, 0.29) is 30.3 Å². The van der Waals surface area contributed by atoms with Gasteiger partial charge < -0.3 is 14.7 Å². The van der Waals surface area contributed by atoms with Crippen LogP contribution in [0.1, 0.15) is 10.4 Å².